The van der Waals surface area contributed by atoms with Gasteiger partial charge in [-0.3, -0.25) is 9.40 Å². The van der Waals surface area contributed by atoms with Crippen LogP contribution in [0, 0.1) is 0 Å². The highest BCUT2D eigenvalue weighted by atomic mass is 32.2. The highest BCUT2D eigenvalue weighted by Gasteiger charge is 2.21. The number of aryl methyl sites for hydroxylation is 1. The van der Waals surface area contributed by atoms with Gasteiger partial charge in [0.05, 0.1) is 0 Å². The van der Waals surface area contributed by atoms with Crippen molar-refractivity contribution in [2.45, 2.75) is 20.4 Å². The number of nitrogens with two attached hydrogens (primary N) is 1. The van der Waals surface area contributed by atoms with E-state index in [4.69, 9.17) is 5.73 Å². The Bertz CT molecular complexity index is 464. The molecule has 1 heterocycles. The maximum Gasteiger partial charge on any atom is 0.302 e. The Balaban J connectivity index is 2.97. The van der Waals surface area contributed by atoms with Crippen molar-refractivity contribution in [3.8, 4) is 0 Å². The summed E-state index contributed by atoms with van der Waals surface area (Å²) in [5.74, 6) is 0.293. The van der Waals surface area contributed by atoms with E-state index >= 15 is 0 Å². The average molecular weight is 261 g/mol. The number of nitrogens with one attached hydrogen (secondary N) is 1. The van der Waals surface area contributed by atoms with E-state index in [2.05, 4.69) is 9.82 Å². The molecule has 0 saturated heterocycles. The van der Waals surface area contributed by atoms with E-state index in [-0.39, 0.29) is 6.54 Å². The molecular weight excluding hydrogens is 242 g/mol. The molecule has 0 radical (unpaired) electrons. The first-order valence-electron chi connectivity index (χ1n) is 5.45. The average Bonchev–Trinajstić information content (AvgIpc) is 2.59. The van der Waals surface area contributed by atoms with Crippen molar-refractivity contribution in [2.24, 2.45) is 12.8 Å². The standard InChI is InChI=1S/C9H19N5O2S/c1-4-14(5-2)17(15,16)12-9-8(6-10)7-13(3)11-9/h7H,4-6,10H2,1-3H3,(H,11,12). The van der Waals surface area contributed by atoms with Gasteiger partial charge >= 0.3 is 10.2 Å². The lowest BCUT2D eigenvalue weighted by Crippen LogP contribution is -2.35. The number of rotatable bonds is 6. The van der Waals surface area contributed by atoms with Crippen LogP contribution < -0.4 is 10.5 Å². The van der Waals surface area contributed by atoms with Crippen LogP contribution >= 0.6 is 0 Å². The molecule has 3 N–H and O–H groups in total. The molecule has 8 heteroatoms. The van der Waals surface area contributed by atoms with E-state index in [1.165, 1.54) is 8.99 Å². The van der Waals surface area contributed by atoms with Gasteiger partial charge in [0.2, 0.25) is 0 Å². The van der Waals surface area contributed by atoms with E-state index < -0.39 is 10.2 Å². The fraction of sp³-hybridized carbons (Fsp3) is 0.667. The summed E-state index contributed by atoms with van der Waals surface area (Å²) >= 11 is 0. The second-order valence-electron chi connectivity index (χ2n) is 3.57. The zero-order valence-corrected chi connectivity index (χ0v) is 11.2. The molecule has 0 bridgehead atoms. The second-order valence-corrected chi connectivity index (χ2v) is 5.24. The maximum atomic E-state index is 12.0. The van der Waals surface area contributed by atoms with Crippen LogP contribution in [-0.4, -0.2) is 35.6 Å². The van der Waals surface area contributed by atoms with Crippen LogP contribution in [0.25, 0.3) is 0 Å². The van der Waals surface area contributed by atoms with Gasteiger partial charge in [-0.05, 0) is 0 Å². The van der Waals surface area contributed by atoms with Crippen molar-refractivity contribution < 1.29 is 8.42 Å². The Morgan fingerprint density at radius 2 is 2.06 bits per heavy atom. The molecule has 17 heavy (non-hydrogen) atoms. The summed E-state index contributed by atoms with van der Waals surface area (Å²) in [5, 5.41) is 4.04. The lowest BCUT2D eigenvalue weighted by molar-refractivity contribution is 0.449. The molecule has 0 unspecified atom stereocenters. The summed E-state index contributed by atoms with van der Waals surface area (Å²) in [6, 6.07) is 0. The zero-order valence-electron chi connectivity index (χ0n) is 10.3. The van der Waals surface area contributed by atoms with Crippen LogP contribution in [0.1, 0.15) is 19.4 Å². The lowest BCUT2D eigenvalue weighted by atomic mass is 10.3. The van der Waals surface area contributed by atoms with Crippen LogP contribution in [-0.2, 0) is 23.8 Å². The summed E-state index contributed by atoms with van der Waals surface area (Å²) in [6.07, 6.45) is 1.69. The molecule has 0 aliphatic heterocycles. The Labute approximate surface area is 102 Å². The minimum atomic E-state index is -3.54. The summed E-state index contributed by atoms with van der Waals surface area (Å²) < 4.78 is 29.2. The van der Waals surface area contributed by atoms with E-state index in [1.807, 2.05) is 0 Å². The first-order valence-corrected chi connectivity index (χ1v) is 6.89. The zero-order chi connectivity index (χ0) is 13.1. The normalized spacial score (nSPS) is 12.1. The summed E-state index contributed by atoms with van der Waals surface area (Å²) in [4.78, 5) is 0. The molecule has 0 atom stereocenters. The first-order chi connectivity index (χ1) is 7.94. The van der Waals surface area contributed by atoms with Crippen LogP contribution in [0.15, 0.2) is 6.20 Å². The quantitative estimate of drug-likeness (QED) is 0.746. The van der Waals surface area contributed by atoms with Crippen LogP contribution in [0.3, 0.4) is 0 Å². The Morgan fingerprint density at radius 3 is 2.53 bits per heavy atom. The van der Waals surface area contributed by atoms with Crippen LogP contribution in [0.2, 0.25) is 0 Å². The number of hydrogen-bond donors (Lipinski definition) is 2. The van der Waals surface area contributed by atoms with Crippen molar-refractivity contribution in [1.82, 2.24) is 14.1 Å². The van der Waals surface area contributed by atoms with Crippen molar-refractivity contribution in [3.63, 3.8) is 0 Å². The molecule has 0 saturated carbocycles. The number of nitrogens with zero attached hydrogens (tertiary/aromatic N) is 3. The molecular formula is C9H19N5O2S. The number of aromatic nitrogens is 2. The van der Waals surface area contributed by atoms with Gasteiger partial charge in [-0.1, -0.05) is 13.8 Å². The SMILES string of the molecule is CCN(CC)S(=O)(=O)Nc1nn(C)cc1CN. The van der Waals surface area contributed by atoms with Gasteiger partial charge in [-0.25, -0.2) is 0 Å². The van der Waals surface area contributed by atoms with Gasteiger partial charge < -0.3 is 5.73 Å². The molecule has 0 aromatic carbocycles. The van der Waals surface area contributed by atoms with Gasteiger partial charge in [0, 0.05) is 38.4 Å². The van der Waals surface area contributed by atoms with Gasteiger partial charge in [-0.2, -0.15) is 17.8 Å². The van der Waals surface area contributed by atoms with Crippen molar-refractivity contribution in [2.75, 3.05) is 17.8 Å². The first kappa shape index (κ1) is 13.9. The Hall–Kier alpha value is -1.12. The van der Waals surface area contributed by atoms with Gasteiger partial charge in [0.15, 0.2) is 5.82 Å². The Morgan fingerprint density at radius 1 is 1.47 bits per heavy atom. The molecule has 0 aliphatic carbocycles. The highest BCUT2D eigenvalue weighted by molar-refractivity contribution is 7.90. The van der Waals surface area contributed by atoms with Crippen molar-refractivity contribution >= 4 is 16.0 Å². The summed E-state index contributed by atoms with van der Waals surface area (Å²) in [6.45, 7) is 4.63. The van der Waals surface area contributed by atoms with E-state index in [1.54, 1.807) is 27.1 Å². The predicted octanol–water partition coefficient (Wildman–Crippen LogP) is -0.123. The lowest BCUT2D eigenvalue weighted by Gasteiger charge is -2.18. The van der Waals surface area contributed by atoms with Crippen molar-refractivity contribution in [3.05, 3.63) is 11.8 Å². The monoisotopic (exact) mass is 261 g/mol. The fourth-order valence-corrected chi connectivity index (χ4v) is 2.75. The molecule has 7 nitrogen and oxygen atoms in total. The number of hydrogen-bond acceptors (Lipinski definition) is 4. The largest absolute Gasteiger partial charge is 0.326 e. The minimum Gasteiger partial charge on any atom is -0.326 e. The molecule has 0 aliphatic rings. The van der Waals surface area contributed by atoms with Gasteiger partial charge in [0.25, 0.3) is 0 Å². The van der Waals surface area contributed by atoms with Crippen LogP contribution in [0.5, 0.6) is 0 Å². The molecule has 0 spiro atoms. The topological polar surface area (TPSA) is 93.2 Å². The molecule has 1 rings (SSSR count). The Kier molecular flexibility index (Phi) is 4.49. The van der Waals surface area contributed by atoms with E-state index in [0.29, 0.717) is 24.5 Å². The third-order valence-corrected chi connectivity index (χ3v) is 4.04. The van der Waals surface area contributed by atoms with Gasteiger partial charge in [0.1, 0.15) is 0 Å². The van der Waals surface area contributed by atoms with E-state index in [9.17, 15) is 8.42 Å². The smallest absolute Gasteiger partial charge is 0.302 e. The summed E-state index contributed by atoms with van der Waals surface area (Å²) in [5.41, 5.74) is 6.19. The third kappa shape index (κ3) is 3.18. The van der Waals surface area contributed by atoms with Gasteiger partial charge in [-0.15, -0.1) is 0 Å². The molecule has 0 amide bonds. The molecule has 0 fully saturated rings. The molecule has 1 aromatic heterocycles. The van der Waals surface area contributed by atoms with E-state index in [0.717, 1.165) is 0 Å². The second kappa shape index (κ2) is 5.48. The maximum absolute atomic E-state index is 12.0. The van der Waals surface area contributed by atoms with Crippen LogP contribution in [0.4, 0.5) is 5.82 Å². The molecule has 98 valence electrons. The van der Waals surface area contributed by atoms with Crippen molar-refractivity contribution in [1.29, 1.82) is 0 Å². The summed E-state index contributed by atoms with van der Waals surface area (Å²) in [7, 11) is -1.83. The fourth-order valence-electron chi connectivity index (χ4n) is 1.52. The minimum absolute atomic E-state index is 0.240. The third-order valence-electron chi connectivity index (χ3n) is 2.40. The number of anilines is 1. The highest BCUT2D eigenvalue weighted by Crippen LogP contribution is 2.14. The predicted molar refractivity (Wildman–Crippen MR) is 66.6 cm³/mol. The molecule has 1 aromatic rings.